The molecule has 0 bridgehead atoms. The summed E-state index contributed by atoms with van der Waals surface area (Å²) in [5, 5.41) is 2.81. The Morgan fingerprint density at radius 2 is 1.40 bits per heavy atom. The van der Waals surface area contributed by atoms with Crippen LogP contribution < -0.4 is 14.4 Å². The normalized spacial score (nSPS) is 11.0. The van der Waals surface area contributed by atoms with Crippen LogP contribution in [-0.4, -0.2) is 20.9 Å². The zero-order valence-electron chi connectivity index (χ0n) is 19.3. The average Bonchev–Trinajstić information content (AvgIpc) is 2.89. The minimum atomic E-state index is -3.98. The van der Waals surface area contributed by atoms with E-state index in [4.69, 9.17) is 4.74 Å². The van der Waals surface area contributed by atoms with Gasteiger partial charge in [0.2, 0.25) is 5.91 Å². The van der Waals surface area contributed by atoms with E-state index in [2.05, 4.69) is 5.32 Å². The summed E-state index contributed by atoms with van der Waals surface area (Å²) in [7, 11) is -3.98. The fraction of sp³-hybridized carbons (Fsp3) is 0.107. The molecule has 0 saturated carbocycles. The van der Waals surface area contributed by atoms with E-state index in [9.17, 15) is 13.2 Å². The second-order valence-corrected chi connectivity index (χ2v) is 9.67. The number of nitrogens with one attached hydrogen (secondary N) is 1. The maximum Gasteiger partial charge on any atom is 0.264 e. The van der Waals surface area contributed by atoms with Crippen LogP contribution in [0.25, 0.3) is 0 Å². The zero-order chi connectivity index (χ0) is 24.7. The highest BCUT2D eigenvalue weighted by Crippen LogP contribution is 2.30. The highest BCUT2D eigenvalue weighted by molar-refractivity contribution is 7.92. The summed E-state index contributed by atoms with van der Waals surface area (Å²) in [6, 6.07) is 31.5. The highest BCUT2D eigenvalue weighted by Gasteiger charge is 2.27. The van der Waals surface area contributed by atoms with Gasteiger partial charge in [0.25, 0.3) is 10.0 Å². The second-order valence-electron chi connectivity index (χ2n) is 7.80. The van der Waals surface area contributed by atoms with Crippen molar-refractivity contribution >= 4 is 27.3 Å². The first kappa shape index (κ1) is 24.0. The maximum absolute atomic E-state index is 13.5. The summed E-state index contributed by atoms with van der Waals surface area (Å²) in [5.74, 6) is 0.587. The van der Waals surface area contributed by atoms with E-state index >= 15 is 0 Å². The van der Waals surface area contributed by atoms with Crippen molar-refractivity contribution < 1.29 is 17.9 Å². The fourth-order valence-electron chi connectivity index (χ4n) is 3.53. The van der Waals surface area contributed by atoms with Crippen molar-refractivity contribution in [2.45, 2.75) is 18.2 Å². The predicted molar refractivity (Wildman–Crippen MR) is 138 cm³/mol. The molecule has 7 heteroatoms. The van der Waals surface area contributed by atoms with Crippen LogP contribution >= 0.6 is 0 Å². The van der Waals surface area contributed by atoms with E-state index < -0.39 is 22.5 Å². The summed E-state index contributed by atoms with van der Waals surface area (Å²) in [4.78, 5) is 13.2. The van der Waals surface area contributed by atoms with Crippen LogP contribution in [0.4, 0.5) is 11.4 Å². The first-order valence-corrected chi connectivity index (χ1v) is 12.7. The van der Waals surface area contributed by atoms with Crippen LogP contribution in [0.2, 0.25) is 0 Å². The van der Waals surface area contributed by atoms with Crippen molar-refractivity contribution in [3.8, 4) is 11.5 Å². The Balaban J connectivity index is 1.61. The number of ether oxygens (including phenoxy) is 1. The number of aryl methyl sites for hydroxylation is 1. The van der Waals surface area contributed by atoms with Crippen molar-refractivity contribution in [3.63, 3.8) is 0 Å². The molecular weight excluding hydrogens is 460 g/mol. The smallest absolute Gasteiger partial charge is 0.264 e. The number of amides is 1. The molecule has 4 aromatic rings. The third kappa shape index (κ3) is 5.88. The standard InChI is InChI=1S/C28H26N2O4S/c1-2-22-17-19-23(20-18-22)30(35(32,33)25-13-7-4-8-14-25)21-28(31)29-26-15-9-10-16-27(26)34-24-11-5-3-6-12-24/h3-20H,2,21H2,1H3,(H,29,31). The van der Waals surface area contributed by atoms with E-state index in [0.29, 0.717) is 22.9 Å². The molecule has 0 aliphatic rings. The van der Waals surface area contributed by atoms with Gasteiger partial charge in [-0.3, -0.25) is 9.10 Å². The molecule has 0 unspecified atom stereocenters. The number of carbonyl (C=O) groups excluding carboxylic acids is 1. The summed E-state index contributed by atoms with van der Waals surface area (Å²) in [6.07, 6.45) is 0.824. The van der Waals surface area contributed by atoms with Crippen LogP contribution in [0.5, 0.6) is 11.5 Å². The van der Waals surface area contributed by atoms with Gasteiger partial charge in [0.1, 0.15) is 12.3 Å². The summed E-state index contributed by atoms with van der Waals surface area (Å²) >= 11 is 0. The molecule has 0 spiro atoms. The topological polar surface area (TPSA) is 75.7 Å². The lowest BCUT2D eigenvalue weighted by atomic mass is 10.1. The van der Waals surface area contributed by atoms with Gasteiger partial charge >= 0.3 is 0 Å². The largest absolute Gasteiger partial charge is 0.455 e. The molecule has 1 N–H and O–H groups in total. The number of nitrogens with zero attached hydrogens (tertiary/aromatic N) is 1. The van der Waals surface area contributed by atoms with Crippen molar-refractivity contribution in [1.82, 2.24) is 0 Å². The molecule has 0 atom stereocenters. The maximum atomic E-state index is 13.5. The summed E-state index contributed by atoms with van der Waals surface area (Å²) in [5.41, 5.74) is 1.93. The summed E-state index contributed by atoms with van der Waals surface area (Å²) in [6.45, 7) is 1.62. The molecule has 0 aliphatic heterocycles. The van der Waals surface area contributed by atoms with Crippen LogP contribution in [0.3, 0.4) is 0 Å². The van der Waals surface area contributed by atoms with Gasteiger partial charge in [-0.05, 0) is 60.5 Å². The number of hydrogen-bond donors (Lipinski definition) is 1. The Bertz CT molecular complexity index is 1370. The molecule has 0 radical (unpaired) electrons. The molecule has 6 nitrogen and oxygen atoms in total. The van der Waals surface area contributed by atoms with Crippen molar-refractivity contribution in [1.29, 1.82) is 0 Å². The van der Waals surface area contributed by atoms with Crippen molar-refractivity contribution in [3.05, 3.63) is 115 Å². The van der Waals surface area contributed by atoms with Crippen LogP contribution in [0.1, 0.15) is 12.5 Å². The average molecular weight is 487 g/mol. The number of hydrogen-bond acceptors (Lipinski definition) is 4. The minimum Gasteiger partial charge on any atom is -0.455 e. The van der Waals surface area contributed by atoms with Gasteiger partial charge in [-0.25, -0.2) is 8.42 Å². The van der Waals surface area contributed by atoms with E-state index in [-0.39, 0.29) is 4.90 Å². The van der Waals surface area contributed by atoms with Gasteiger partial charge in [-0.1, -0.05) is 67.6 Å². The van der Waals surface area contributed by atoms with Gasteiger partial charge in [-0.15, -0.1) is 0 Å². The number of benzene rings is 4. The molecule has 0 aromatic heterocycles. The van der Waals surface area contributed by atoms with Crippen LogP contribution in [-0.2, 0) is 21.2 Å². The molecule has 0 saturated heterocycles. The molecule has 0 heterocycles. The molecule has 0 fully saturated rings. The molecule has 178 valence electrons. The van der Waals surface area contributed by atoms with E-state index in [1.54, 1.807) is 54.6 Å². The number of anilines is 2. The summed E-state index contributed by atoms with van der Waals surface area (Å²) < 4.78 is 34.0. The Hall–Kier alpha value is -4.10. The first-order chi connectivity index (χ1) is 17.0. The Morgan fingerprint density at radius 1 is 0.800 bits per heavy atom. The molecule has 4 rings (SSSR count). The quantitative estimate of drug-likeness (QED) is 0.321. The van der Waals surface area contributed by atoms with Crippen molar-refractivity contribution in [2.75, 3.05) is 16.2 Å². The van der Waals surface area contributed by atoms with E-state index in [0.717, 1.165) is 16.3 Å². The lowest BCUT2D eigenvalue weighted by molar-refractivity contribution is -0.114. The van der Waals surface area contributed by atoms with E-state index in [1.807, 2.05) is 49.4 Å². The highest BCUT2D eigenvalue weighted by atomic mass is 32.2. The molecule has 35 heavy (non-hydrogen) atoms. The second kappa shape index (κ2) is 10.9. The van der Waals surface area contributed by atoms with Crippen LogP contribution in [0.15, 0.2) is 114 Å². The number of sulfonamides is 1. The SMILES string of the molecule is CCc1ccc(N(CC(=O)Nc2ccccc2Oc2ccccc2)S(=O)(=O)c2ccccc2)cc1. The van der Waals surface area contributed by atoms with E-state index in [1.165, 1.54) is 12.1 Å². The Labute approximate surface area is 205 Å². The zero-order valence-corrected chi connectivity index (χ0v) is 20.1. The van der Waals surface area contributed by atoms with Gasteiger partial charge in [0.05, 0.1) is 16.3 Å². The van der Waals surface area contributed by atoms with Gasteiger partial charge < -0.3 is 10.1 Å². The third-order valence-electron chi connectivity index (χ3n) is 5.38. The van der Waals surface area contributed by atoms with Gasteiger partial charge in [-0.2, -0.15) is 0 Å². The number of rotatable bonds is 9. The molecule has 1 amide bonds. The predicted octanol–water partition coefficient (Wildman–Crippen LogP) is 5.88. The number of para-hydroxylation sites is 3. The third-order valence-corrected chi connectivity index (χ3v) is 7.17. The fourth-order valence-corrected chi connectivity index (χ4v) is 4.97. The Morgan fingerprint density at radius 3 is 2.06 bits per heavy atom. The van der Waals surface area contributed by atoms with Crippen molar-refractivity contribution in [2.24, 2.45) is 0 Å². The minimum absolute atomic E-state index is 0.111. The van der Waals surface area contributed by atoms with Crippen LogP contribution in [0, 0.1) is 0 Å². The number of carbonyl (C=O) groups is 1. The lowest BCUT2D eigenvalue weighted by Gasteiger charge is -2.24. The monoisotopic (exact) mass is 486 g/mol. The molecular formula is C28H26N2O4S. The first-order valence-electron chi connectivity index (χ1n) is 11.3. The lowest BCUT2D eigenvalue weighted by Crippen LogP contribution is -2.38. The van der Waals surface area contributed by atoms with Gasteiger partial charge in [0, 0.05) is 0 Å². The molecule has 4 aromatic carbocycles. The molecule has 0 aliphatic carbocycles. The Kier molecular flexibility index (Phi) is 7.48. The van der Waals surface area contributed by atoms with Gasteiger partial charge in [0.15, 0.2) is 5.75 Å².